The van der Waals surface area contributed by atoms with Crippen molar-refractivity contribution in [3.63, 3.8) is 0 Å². The monoisotopic (exact) mass is 348 g/mol. The summed E-state index contributed by atoms with van der Waals surface area (Å²) in [6.07, 6.45) is 4.53. The van der Waals surface area contributed by atoms with Crippen LogP contribution in [0.3, 0.4) is 0 Å². The first-order valence-electron chi connectivity index (χ1n) is 7.99. The Bertz CT molecular complexity index is 742. The van der Waals surface area contributed by atoms with Gasteiger partial charge in [-0.3, -0.25) is 0 Å². The van der Waals surface area contributed by atoms with Crippen molar-refractivity contribution in [2.24, 2.45) is 10.7 Å². The van der Waals surface area contributed by atoms with Crippen LogP contribution in [0, 0.1) is 0 Å². The SMILES string of the molecule is COc1ccc(NC(N)=NCc2nnc3n2CCCCC3)cc1Cl. The summed E-state index contributed by atoms with van der Waals surface area (Å²) in [4.78, 5) is 4.36. The summed E-state index contributed by atoms with van der Waals surface area (Å²) in [6.45, 7) is 1.35. The second-order valence-corrected chi connectivity index (χ2v) is 6.08. The molecule has 0 fully saturated rings. The number of benzene rings is 1. The van der Waals surface area contributed by atoms with Crippen molar-refractivity contribution in [2.45, 2.75) is 38.8 Å². The number of guanidine groups is 1. The number of anilines is 1. The minimum Gasteiger partial charge on any atom is -0.495 e. The summed E-state index contributed by atoms with van der Waals surface area (Å²) in [5.41, 5.74) is 6.71. The molecule has 0 aliphatic carbocycles. The van der Waals surface area contributed by atoms with E-state index in [1.165, 1.54) is 12.8 Å². The van der Waals surface area contributed by atoms with Gasteiger partial charge in [0.15, 0.2) is 11.8 Å². The summed E-state index contributed by atoms with van der Waals surface area (Å²) < 4.78 is 7.29. The molecule has 2 aromatic rings. The zero-order valence-corrected chi connectivity index (χ0v) is 14.4. The quantitative estimate of drug-likeness (QED) is 0.654. The number of methoxy groups -OCH3 is 1. The van der Waals surface area contributed by atoms with E-state index in [-0.39, 0.29) is 0 Å². The largest absolute Gasteiger partial charge is 0.495 e. The topological polar surface area (TPSA) is 90.3 Å². The van der Waals surface area contributed by atoms with Gasteiger partial charge in [-0.2, -0.15) is 0 Å². The lowest BCUT2D eigenvalue weighted by molar-refractivity contribution is 0.415. The predicted octanol–water partition coefficient (Wildman–Crippen LogP) is 2.59. The number of aryl methyl sites for hydroxylation is 1. The van der Waals surface area contributed by atoms with E-state index < -0.39 is 0 Å². The van der Waals surface area contributed by atoms with Crippen LogP contribution in [0.4, 0.5) is 5.69 Å². The van der Waals surface area contributed by atoms with Gasteiger partial charge in [-0.25, -0.2) is 4.99 Å². The third-order valence-corrected chi connectivity index (χ3v) is 4.30. The van der Waals surface area contributed by atoms with Crippen molar-refractivity contribution in [1.82, 2.24) is 14.8 Å². The second kappa shape index (κ2) is 7.53. The standard InChI is InChI=1S/C16H21ClN6O/c1-24-13-7-6-11(9-12(13)17)20-16(18)19-10-15-22-21-14-5-3-2-4-8-23(14)15/h6-7,9H,2-5,8,10H2,1H3,(H3,18,19,20). The molecule has 0 atom stereocenters. The van der Waals surface area contributed by atoms with Crippen molar-refractivity contribution in [3.8, 4) is 5.75 Å². The number of rotatable bonds is 4. The Morgan fingerprint density at radius 1 is 1.38 bits per heavy atom. The molecular formula is C16H21ClN6O. The minimum absolute atomic E-state index is 0.308. The molecular weight excluding hydrogens is 328 g/mol. The normalized spacial score (nSPS) is 14.8. The van der Waals surface area contributed by atoms with Gasteiger partial charge < -0.3 is 20.4 Å². The van der Waals surface area contributed by atoms with E-state index in [1.807, 2.05) is 6.07 Å². The molecule has 3 rings (SSSR count). The van der Waals surface area contributed by atoms with Gasteiger partial charge in [-0.05, 0) is 31.0 Å². The third-order valence-electron chi connectivity index (χ3n) is 4.00. The average Bonchev–Trinajstić information content (AvgIpc) is 2.80. The molecule has 0 radical (unpaired) electrons. The Balaban J connectivity index is 1.66. The fourth-order valence-corrected chi connectivity index (χ4v) is 3.01. The summed E-state index contributed by atoms with van der Waals surface area (Å²) >= 11 is 6.10. The van der Waals surface area contributed by atoms with Gasteiger partial charge in [0.2, 0.25) is 0 Å². The molecule has 128 valence electrons. The molecule has 0 saturated heterocycles. The maximum Gasteiger partial charge on any atom is 0.193 e. The molecule has 7 nitrogen and oxygen atoms in total. The lowest BCUT2D eigenvalue weighted by Gasteiger charge is -2.09. The molecule has 0 saturated carbocycles. The summed E-state index contributed by atoms with van der Waals surface area (Å²) in [7, 11) is 1.58. The fourth-order valence-electron chi connectivity index (χ4n) is 2.75. The van der Waals surface area contributed by atoms with Crippen molar-refractivity contribution in [3.05, 3.63) is 34.9 Å². The van der Waals surface area contributed by atoms with E-state index in [9.17, 15) is 0 Å². The molecule has 1 aliphatic heterocycles. The number of hydrogen-bond donors (Lipinski definition) is 2. The highest BCUT2D eigenvalue weighted by atomic mass is 35.5. The lowest BCUT2D eigenvalue weighted by atomic mass is 10.2. The first-order valence-corrected chi connectivity index (χ1v) is 8.36. The van der Waals surface area contributed by atoms with Gasteiger partial charge in [0, 0.05) is 18.7 Å². The molecule has 2 heterocycles. The highest BCUT2D eigenvalue weighted by Crippen LogP contribution is 2.27. The Kier molecular flexibility index (Phi) is 5.20. The van der Waals surface area contributed by atoms with Crippen LogP contribution in [0.25, 0.3) is 0 Å². The molecule has 0 unspecified atom stereocenters. The van der Waals surface area contributed by atoms with E-state index in [2.05, 4.69) is 25.1 Å². The number of hydrogen-bond acceptors (Lipinski definition) is 4. The molecule has 1 aromatic heterocycles. The van der Waals surface area contributed by atoms with E-state index in [1.54, 1.807) is 19.2 Å². The maximum absolute atomic E-state index is 6.10. The summed E-state index contributed by atoms with van der Waals surface area (Å²) in [5.74, 6) is 2.82. The van der Waals surface area contributed by atoms with Crippen LogP contribution in [0.2, 0.25) is 5.02 Å². The molecule has 8 heteroatoms. The van der Waals surface area contributed by atoms with Gasteiger partial charge in [0.25, 0.3) is 0 Å². The number of aromatic nitrogens is 3. The molecule has 1 aliphatic rings. The van der Waals surface area contributed by atoms with Gasteiger partial charge in [0.1, 0.15) is 18.1 Å². The second-order valence-electron chi connectivity index (χ2n) is 5.67. The van der Waals surface area contributed by atoms with Crippen molar-refractivity contribution in [1.29, 1.82) is 0 Å². The van der Waals surface area contributed by atoms with Gasteiger partial charge in [-0.15, -0.1) is 10.2 Å². The van der Waals surface area contributed by atoms with Crippen molar-refractivity contribution < 1.29 is 4.74 Å². The number of nitrogens with two attached hydrogens (primary N) is 1. The summed E-state index contributed by atoms with van der Waals surface area (Å²) in [5, 5.41) is 12.0. The van der Waals surface area contributed by atoms with Crippen LogP contribution in [-0.2, 0) is 19.5 Å². The highest BCUT2D eigenvalue weighted by Gasteiger charge is 2.14. The van der Waals surface area contributed by atoms with Gasteiger partial charge in [0.05, 0.1) is 12.1 Å². The van der Waals surface area contributed by atoms with Crippen LogP contribution in [0.1, 0.15) is 30.9 Å². The van der Waals surface area contributed by atoms with Crippen LogP contribution >= 0.6 is 11.6 Å². The lowest BCUT2D eigenvalue weighted by Crippen LogP contribution is -2.23. The van der Waals surface area contributed by atoms with E-state index in [0.29, 0.717) is 23.3 Å². The first kappa shape index (κ1) is 16.6. The zero-order chi connectivity index (χ0) is 16.9. The van der Waals surface area contributed by atoms with Crippen molar-refractivity contribution >= 4 is 23.2 Å². The van der Waals surface area contributed by atoms with E-state index in [0.717, 1.165) is 36.7 Å². The highest BCUT2D eigenvalue weighted by molar-refractivity contribution is 6.32. The zero-order valence-electron chi connectivity index (χ0n) is 13.6. The fraction of sp³-hybridized carbons (Fsp3) is 0.438. The number of halogens is 1. The van der Waals surface area contributed by atoms with Crippen LogP contribution in [0.5, 0.6) is 5.75 Å². The number of aliphatic imine (C=N–C) groups is 1. The molecule has 24 heavy (non-hydrogen) atoms. The van der Waals surface area contributed by atoms with Crippen LogP contribution in [-0.4, -0.2) is 27.8 Å². The number of fused-ring (bicyclic) bond motifs is 1. The number of ether oxygens (including phenoxy) is 1. The molecule has 0 spiro atoms. The molecule has 0 amide bonds. The Morgan fingerprint density at radius 3 is 3.04 bits per heavy atom. The molecule has 1 aromatic carbocycles. The molecule has 3 N–H and O–H groups in total. The minimum atomic E-state index is 0.308. The molecule has 0 bridgehead atoms. The maximum atomic E-state index is 6.10. The predicted molar refractivity (Wildman–Crippen MR) is 94.5 cm³/mol. The number of nitrogens with one attached hydrogen (secondary N) is 1. The van der Waals surface area contributed by atoms with Gasteiger partial charge in [-0.1, -0.05) is 18.0 Å². The summed E-state index contributed by atoms with van der Waals surface area (Å²) in [6, 6.07) is 5.35. The smallest absolute Gasteiger partial charge is 0.193 e. The van der Waals surface area contributed by atoms with E-state index >= 15 is 0 Å². The van der Waals surface area contributed by atoms with Crippen LogP contribution < -0.4 is 15.8 Å². The Morgan fingerprint density at radius 2 is 2.25 bits per heavy atom. The Hall–Kier alpha value is -2.28. The van der Waals surface area contributed by atoms with E-state index in [4.69, 9.17) is 22.1 Å². The average molecular weight is 349 g/mol. The third kappa shape index (κ3) is 3.79. The van der Waals surface area contributed by atoms with Gasteiger partial charge >= 0.3 is 0 Å². The first-order chi connectivity index (χ1) is 11.7. The van der Waals surface area contributed by atoms with Crippen LogP contribution in [0.15, 0.2) is 23.2 Å². The Labute approximate surface area is 145 Å². The number of nitrogens with zero attached hydrogens (tertiary/aromatic N) is 4. The van der Waals surface area contributed by atoms with Crippen molar-refractivity contribution in [2.75, 3.05) is 12.4 Å².